The summed E-state index contributed by atoms with van der Waals surface area (Å²) in [5.41, 5.74) is 0.367. The van der Waals surface area contributed by atoms with Crippen LogP contribution in [0.1, 0.15) is 0 Å². The fourth-order valence-corrected chi connectivity index (χ4v) is 1.52. The van der Waals surface area contributed by atoms with Gasteiger partial charge in [0.15, 0.2) is 5.82 Å². The number of aromatic nitrogens is 3. The number of nitrogens with two attached hydrogens (primary N) is 1. The molecule has 16 heavy (non-hydrogen) atoms. The first-order valence-corrected chi connectivity index (χ1v) is 5.72. The topological polar surface area (TPSA) is 102 Å². The number of primary sulfonamides is 1. The third kappa shape index (κ3) is 2.07. The molecule has 84 valence electrons. The number of benzene rings is 1. The van der Waals surface area contributed by atoms with Gasteiger partial charge in [-0.05, 0) is 12.1 Å². The summed E-state index contributed by atoms with van der Waals surface area (Å²) in [6, 6.07) is 5.48. The molecule has 0 unspecified atom stereocenters. The third-order valence-electron chi connectivity index (χ3n) is 1.82. The SMILES string of the molecule is NS(=O)(=O)c1nc(-c2cccc(F)c2)n[nH]1. The molecule has 0 fully saturated rings. The highest BCUT2D eigenvalue weighted by atomic mass is 32.2. The molecule has 2 rings (SSSR count). The van der Waals surface area contributed by atoms with E-state index in [1.807, 2.05) is 0 Å². The van der Waals surface area contributed by atoms with E-state index in [-0.39, 0.29) is 5.82 Å². The molecule has 0 amide bonds. The van der Waals surface area contributed by atoms with Crippen LogP contribution in [0.25, 0.3) is 11.4 Å². The molecule has 1 heterocycles. The van der Waals surface area contributed by atoms with Gasteiger partial charge in [0.05, 0.1) is 0 Å². The lowest BCUT2D eigenvalue weighted by Crippen LogP contribution is -2.13. The molecule has 0 aliphatic heterocycles. The number of H-pyrrole nitrogens is 1. The molecule has 0 spiro atoms. The normalized spacial score (nSPS) is 11.6. The summed E-state index contributed by atoms with van der Waals surface area (Å²) in [5.74, 6) is -0.386. The number of hydrogen-bond acceptors (Lipinski definition) is 4. The van der Waals surface area contributed by atoms with Crippen LogP contribution in [0.15, 0.2) is 29.4 Å². The van der Waals surface area contributed by atoms with E-state index in [2.05, 4.69) is 15.2 Å². The second-order valence-electron chi connectivity index (χ2n) is 3.02. The molecule has 1 aromatic heterocycles. The first-order chi connectivity index (χ1) is 7.47. The smallest absolute Gasteiger partial charge is 0.248 e. The van der Waals surface area contributed by atoms with Crippen molar-refractivity contribution in [3.05, 3.63) is 30.1 Å². The lowest BCUT2D eigenvalue weighted by molar-refractivity contribution is 0.589. The Bertz CT molecular complexity index is 622. The number of aromatic amines is 1. The van der Waals surface area contributed by atoms with Crippen molar-refractivity contribution >= 4 is 10.0 Å². The Kier molecular flexibility index (Phi) is 2.44. The van der Waals surface area contributed by atoms with Gasteiger partial charge in [-0.25, -0.2) is 23.0 Å². The van der Waals surface area contributed by atoms with Gasteiger partial charge in [-0.2, -0.15) is 10.1 Å². The van der Waals surface area contributed by atoms with E-state index < -0.39 is 21.0 Å². The molecule has 0 aliphatic rings. The Balaban J connectivity index is 2.47. The summed E-state index contributed by atoms with van der Waals surface area (Å²) >= 11 is 0. The van der Waals surface area contributed by atoms with Crippen molar-refractivity contribution in [1.82, 2.24) is 15.2 Å². The number of sulfonamides is 1. The number of hydrogen-bond donors (Lipinski definition) is 2. The van der Waals surface area contributed by atoms with E-state index in [0.29, 0.717) is 5.56 Å². The lowest BCUT2D eigenvalue weighted by Gasteiger charge is -1.93. The Hall–Kier alpha value is -1.80. The number of nitrogens with one attached hydrogen (secondary N) is 1. The molecular weight excluding hydrogens is 235 g/mol. The van der Waals surface area contributed by atoms with Crippen LogP contribution in [0.5, 0.6) is 0 Å². The van der Waals surface area contributed by atoms with Crippen molar-refractivity contribution in [2.24, 2.45) is 5.14 Å². The van der Waals surface area contributed by atoms with Gasteiger partial charge in [0.1, 0.15) is 5.82 Å². The van der Waals surface area contributed by atoms with Crippen LogP contribution < -0.4 is 5.14 Å². The number of halogens is 1. The van der Waals surface area contributed by atoms with E-state index in [1.54, 1.807) is 6.07 Å². The van der Waals surface area contributed by atoms with Gasteiger partial charge in [0, 0.05) is 5.56 Å². The van der Waals surface area contributed by atoms with Crippen molar-refractivity contribution < 1.29 is 12.8 Å². The molecule has 0 saturated heterocycles. The predicted molar refractivity (Wildman–Crippen MR) is 53.1 cm³/mol. The van der Waals surface area contributed by atoms with Crippen molar-refractivity contribution in [2.45, 2.75) is 5.16 Å². The van der Waals surface area contributed by atoms with Gasteiger partial charge in [-0.1, -0.05) is 12.1 Å². The van der Waals surface area contributed by atoms with Crippen LogP contribution in [0.3, 0.4) is 0 Å². The fraction of sp³-hybridized carbons (Fsp3) is 0. The average Bonchev–Trinajstić information content (AvgIpc) is 2.65. The standard InChI is InChI=1S/C8H7FN4O2S/c9-6-3-1-2-5(4-6)7-11-8(13-12-7)16(10,14)15/h1-4H,(H2,10,14,15)(H,11,12,13). The molecule has 2 aromatic rings. The second kappa shape index (κ2) is 3.65. The molecule has 0 radical (unpaired) electrons. The molecule has 8 heteroatoms. The van der Waals surface area contributed by atoms with Gasteiger partial charge in [-0.3, -0.25) is 0 Å². The van der Waals surface area contributed by atoms with Crippen molar-refractivity contribution in [3.8, 4) is 11.4 Å². The van der Waals surface area contributed by atoms with Gasteiger partial charge in [0.2, 0.25) is 0 Å². The van der Waals surface area contributed by atoms with Gasteiger partial charge < -0.3 is 0 Å². The van der Waals surface area contributed by atoms with E-state index in [1.165, 1.54) is 18.2 Å². The van der Waals surface area contributed by atoms with Crippen molar-refractivity contribution in [3.63, 3.8) is 0 Å². The van der Waals surface area contributed by atoms with E-state index >= 15 is 0 Å². The average molecular weight is 242 g/mol. The maximum atomic E-state index is 12.9. The zero-order valence-corrected chi connectivity index (χ0v) is 8.70. The molecule has 3 N–H and O–H groups in total. The summed E-state index contributed by atoms with van der Waals surface area (Å²) in [7, 11) is -3.92. The molecule has 0 bridgehead atoms. The summed E-state index contributed by atoms with van der Waals surface area (Å²) in [6.07, 6.45) is 0. The minimum absolute atomic E-state index is 0.0727. The molecule has 1 aromatic carbocycles. The summed E-state index contributed by atoms with van der Waals surface area (Å²) in [5, 5.41) is 10.2. The fourth-order valence-electron chi connectivity index (χ4n) is 1.13. The molecule has 0 atom stereocenters. The Morgan fingerprint density at radius 1 is 1.38 bits per heavy atom. The zero-order chi connectivity index (χ0) is 11.8. The van der Waals surface area contributed by atoms with E-state index in [4.69, 9.17) is 5.14 Å². The van der Waals surface area contributed by atoms with E-state index in [9.17, 15) is 12.8 Å². The highest BCUT2D eigenvalue weighted by Crippen LogP contribution is 2.16. The van der Waals surface area contributed by atoms with Crippen LogP contribution in [0.2, 0.25) is 0 Å². The quantitative estimate of drug-likeness (QED) is 0.788. The van der Waals surface area contributed by atoms with Gasteiger partial charge in [-0.15, -0.1) is 0 Å². The molecule has 0 aliphatic carbocycles. The Morgan fingerprint density at radius 2 is 2.12 bits per heavy atom. The highest BCUT2D eigenvalue weighted by molar-refractivity contribution is 7.89. The first-order valence-electron chi connectivity index (χ1n) is 4.18. The first kappa shape index (κ1) is 10.7. The summed E-state index contributed by atoms with van der Waals surface area (Å²) in [6.45, 7) is 0. The van der Waals surface area contributed by atoms with Gasteiger partial charge >= 0.3 is 0 Å². The number of rotatable bonds is 2. The minimum Gasteiger partial charge on any atom is -0.248 e. The molecule has 6 nitrogen and oxygen atoms in total. The Morgan fingerprint density at radius 3 is 2.69 bits per heavy atom. The van der Waals surface area contributed by atoms with E-state index in [0.717, 1.165) is 0 Å². The van der Waals surface area contributed by atoms with Crippen molar-refractivity contribution in [2.75, 3.05) is 0 Å². The summed E-state index contributed by atoms with van der Waals surface area (Å²) in [4.78, 5) is 3.65. The van der Waals surface area contributed by atoms with Crippen LogP contribution in [-0.4, -0.2) is 23.6 Å². The largest absolute Gasteiger partial charge is 0.273 e. The van der Waals surface area contributed by atoms with Crippen LogP contribution in [0.4, 0.5) is 4.39 Å². The lowest BCUT2D eigenvalue weighted by atomic mass is 10.2. The van der Waals surface area contributed by atoms with Crippen molar-refractivity contribution in [1.29, 1.82) is 0 Å². The third-order valence-corrected chi connectivity index (χ3v) is 2.54. The Labute approximate surface area is 90.4 Å². The number of nitrogens with zero attached hydrogens (tertiary/aromatic N) is 2. The van der Waals surface area contributed by atoms with Crippen LogP contribution in [0, 0.1) is 5.82 Å². The maximum Gasteiger partial charge on any atom is 0.273 e. The minimum atomic E-state index is -3.92. The van der Waals surface area contributed by atoms with Crippen LogP contribution in [-0.2, 0) is 10.0 Å². The second-order valence-corrected chi connectivity index (χ2v) is 4.50. The van der Waals surface area contributed by atoms with Gasteiger partial charge in [0.25, 0.3) is 15.2 Å². The maximum absolute atomic E-state index is 12.9. The predicted octanol–water partition coefficient (Wildman–Crippen LogP) is 0.258. The molecule has 0 saturated carbocycles. The monoisotopic (exact) mass is 242 g/mol. The highest BCUT2D eigenvalue weighted by Gasteiger charge is 2.14. The molecular formula is C8H7FN4O2S. The summed E-state index contributed by atoms with van der Waals surface area (Å²) < 4.78 is 34.7. The van der Waals surface area contributed by atoms with Crippen LogP contribution >= 0.6 is 0 Å². The zero-order valence-electron chi connectivity index (χ0n) is 7.88.